The Labute approximate surface area is 125 Å². The predicted molar refractivity (Wildman–Crippen MR) is 84.4 cm³/mol. The molecule has 4 heteroatoms. The molecule has 1 aliphatic rings. The van der Waals surface area contributed by atoms with Crippen molar-refractivity contribution in [2.75, 3.05) is 11.9 Å². The third-order valence-electron chi connectivity index (χ3n) is 4.24. The van der Waals surface area contributed by atoms with E-state index in [-0.39, 0.29) is 12.1 Å². The van der Waals surface area contributed by atoms with E-state index < -0.39 is 0 Å². The van der Waals surface area contributed by atoms with Gasteiger partial charge in [0.15, 0.2) is 0 Å². The monoisotopic (exact) mass is 283 g/mol. The molecule has 1 aromatic heterocycles. The number of urea groups is 1. The van der Waals surface area contributed by atoms with Crippen molar-refractivity contribution in [1.82, 2.24) is 9.47 Å². The average Bonchev–Trinajstić information content (AvgIpc) is 2.97. The molecule has 0 saturated carbocycles. The van der Waals surface area contributed by atoms with Gasteiger partial charge >= 0.3 is 6.03 Å². The predicted octanol–water partition coefficient (Wildman–Crippen LogP) is 3.66. The highest BCUT2D eigenvalue weighted by atomic mass is 16.2. The zero-order valence-electron chi connectivity index (χ0n) is 12.5. The molecule has 1 aliphatic heterocycles. The van der Waals surface area contributed by atoms with E-state index in [4.69, 9.17) is 0 Å². The maximum absolute atomic E-state index is 12.6. The number of aromatic nitrogens is 1. The summed E-state index contributed by atoms with van der Waals surface area (Å²) >= 11 is 0. The van der Waals surface area contributed by atoms with Crippen LogP contribution in [0.5, 0.6) is 0 Å². The number of carbonyl (C=O) groups excluding carboxylic acids is 1. The second kappa shape index (κ2) is 5.64. The largest absolute Gasteiger partial charge is 0.348 e. The molecule has 0 bridgehead atoms. The van der Waals surface area contributed by atoms with Crippen LogP contribution in [0.2, 0.25) is 0 Å². The Kier molecular flexibility index (Phi) is 3.69. The first-order valence-electron chi connectivity index (χ1n) is 7.51. The van der Waals surface area contributed by atoms with Crippen molar-refractivity contribution in [2.24, 2.45) is 0 Å². The number of aryl methyl sites for hydroxylation is 1. The third-order valence-corrected chi connectivity index (χ3v) is 4.24. The van der Waals surface area contributed by atoms with Crippen LogP contribution in [-0.2, 0) is 13.0 Å². The number of amides is 2. The summed E-state index contributed by atoms with van der Waals surface area (Å²) in [5.41, 5.74) is 3.28. The highest BCUT2D eigenvalue weighted by molar-refractivity contribution is 5.90. The quantitative estimate of drug-likeness (QED) is 0.897. The third kappa shape index (κ3) is 2.53. The number of hydrogen-bond acceptors (Lipinski definition) is 1. The Morgan fingerprint density at radius 1 is 1.24 bits per heavy atom. The van der Waals surface area contributed by atoms with Crippen LogP contribution >= 0.6 is 0 Å². The summed E-state index contributed by atoms with van der Waals surface area (Å²) in [6.45, 7) is 5.77. The fraction of sp³-hybridized carbons (Fsp3) is 0.353. The summed E-state index contributed by atoms with van der Waals surface area (Å²) in [5, 5.41) is 3.06. The van der Waals surface area contributed by atoms with Gasteiger partial charge in [0.1, 0.15) is 0 Å². The van der Waals surface area contributed by atoms with Crippen molar-refractivity contribution >= 4 is 11.7 Å². The van der Waals surface area contributed by atoms with Gasteiger partial charge in [0, 0.05) is 30.7 Å². The molecule has 0 unspecified atom stereocenters. The SMILES string of the molecule is CCc1ccccc1NC(=O)N1CCn2cccc2[C@@H]1C. The molecule has 110 valence electrons. The molecule has 4 nitrogen and oxygen atoms in total. The van der Waals surface area contributed by atoms with Gasteiger partial charge < -0.3 is 14.8 Å². The number of nitrogens with one attached hydrogen (secondary N) is 1. The van der Waals surface area contributed by atoms with Crippen LogP contribution < -0.4 is 5.32 Å². The topological polar surface area (TPSA) is 37.3 Å². The Hall–Kier alpha value is -2.23. The molecule has 2 aromatic rings. The first-order valence-corrected chi connectivity index (χ1v) is 7.51. The van der Waals surface area contributed by atoms with Crippen molar-refractivity contribution < 1.29 is 4.79 Å². The molecular weight excluding hydrogens is 262 g/mol. The van der Waals surface area contributed by atoms with Crippen LogP contribution in [-0.4, -0.2) is 22.0 Å². The summed E-state index contributed by atoms with van der Waals surface area (Å²) in [7, 11) is 0. The van der Waals surface area contributed by atoms with Crippen molar-refractivity contribution in [3.05, 3.63) is 53.9 Å². The van der Waals surface area contributed by atoms with Crippen LogP contribution in [0.1, 0.15) is 31.1 Å². The van der Waals surface area contributed by atoms with Crippen molar-refractivity contribution in [3.8, 4) is 0 Å². The van der Waals surface area contributed by atoms with Crippen LogP contribution in [0.4, 0.5) is 10.5 Å². The molecule has 0 aliphatic carbocycles. The van der Waals surface area contributed by atoms with Crippen molar-refractivity contribution in [3.63, 3.8) is 0 Å². The van der Waals surface area contributed by atoms with Gasteiger partial charge in [-0.2, -0.15) is 0 Å². The number of fused-ring (bicyclic) bond motifs is 1. The Balaban J connectivity index is 1.77. The highest BCUT2D eigenvalue weighted by Crippen LogP contribution is 2.26. The van der Waals surface area contributed by atoms with E-state index in [1.807, 2.05) is 29.2 Å². The van der Waals surface area contributed by atoms with Gasteiger partial charge in [-0.15, -0.1) is 0 Å². The standard InChI is InChI=1S/C17H21N3O/c1-3-14-7-4-5-8-15(14)18-17(21)20-12-11-19-10-6-9-16(19)13(20)2/h4-10,13H,3,11-12H2,1-2H3,(H,18,21)/t13-/m0/s1. The van der Waals surface area contributed by atoms with Crippen molar-refractivity contribution in [1.29, 1.82) is 0 Å². The lowest BCUT2D eigenvalue weighted by Crippen LogP contribution is -2.43. The summed E-state index contributed by atoms with van der Waals surface area (Å²) in [4.78, 5) is 14.5. The number of para-hydroxylation sites is 1. The van der Waals surface area contributed by atoms with Gasteiger partial charge in [-0.05, 0) is 37.1 Å². The Morgan fingerprint density at radius 3 is 2.86 bits per heavy atom. The average molecular weight is 283 g/mol. The van der Waals surface area contributed by atoms with Gasteiger partial charge in [0.05, 0.1) is 6.04 Å². The zero-order valence-corrected chi connectivity index (χ0v) is 12.5. The van der Waals surface area contributed by atoms with Crippen LogP contribution in [0.25, 0.3) is 0 Å². The maximum Gasteiger partial charge on any atom is 0.322 e. The van der Waals surface area contributed by atoms with Crippen LogP contribution in [0.3, 0.4) is 0 Å². The lowest BCUT2D eigenvalue weighted by Gasteiger charge is -2.35. The van der Waals surface area contributed by atoms with Crippen molar-refractivity contribution in [2.45, 2.75) is 32.9 Å². The zero-order chi connectivity index (χ0) is 14.8. The second-order valence-electron chi connectivity index (χ2n) is 5.44. The molecular formula is C17H21N3O. The number of hydrogen-bond donors (Lipinski definition) is 1. The van der Waals surface area contributed by atoms with E-state index in [1.165, 1.54) is 11.3 Å². The number of anilines is 1. The fourth-order valence-corrected chi connectivity index (χ4v) is 2.99. The molecule has 2 heterocycles. The lowest BCUT2D eigenvalue weighted by molar-refractivity contribution is 0.175. The molecule has 1 N–H and O–H groups in total. The van der Waals surface area contributed by atoms with Gasteiger partial charge in [0.2, 0.25) is 0 Å². The van der Waals surface area contributed by atoms with E-state index in [9.17, 15) is 4.79 Å². The minimum absolute atomic E-state index is 0.0177. The minimum Gasteiger partial charge on any atom is -0.348 e. The number of nitrogens with zero attached hydrogens (tertiary/aromatic N) is 2. The van der Waals surface area contributed by atoms with E-state index in [0.29, 0.717) is 0 Å². The second-order valence-corrected chi connectivity index (χ2v) is 5.44. The molecule has 2 amide bonds. The van der Waals surface area contributed by atoms with E-state index in [0.717, 1.165) is 25.2 Å². The normalized spacial score (nSPS) is 17.4. The minimum atomic E-state index is -0.0177. The number of carbonyl (C=O) groups is 1. The molecule has 0 fully saturated rings. The summed E-state index contributed by atoms with van der Waals surface area (Å²) < 4.78 is 2.22. The summed E-state index contributed by atoms with van der Waals surface area (Å²) in [6, 6.07) is 12.2. The van der Waals surface area contributed by atoms with Gasteiger partial charge in [-0.25, -0.2) is 4.79 Å². The van der Waals surface area contributed by atoms with Gasteiger partial charge in [-0.1, -0.05) is 25.1 Å². The lowest BCUT2D eigenvalue weighted by atomic mass is 10.1. The molecule has 21 heavy (non-hydrogen) atoms. The molecule has 0 spiro atoms. The van der Waals surface area contributed by atoms with Gasteiger partial charge in [0.25, 0.3) is 0 Å². The molecule has 0 radical (unpaired) electrons. The van der Waals surface area contributed by atoms with E-state index in [2.05, 4.69) is 42.1 Å². The number of rotatable bonds is 2. The number of benzene rings is 1. The summed E-state index contributed by atoms with van der Waals surface area (Å²) in [5.74, 6) is 0. The van der Waals surface area contributed by atoms with E-state index >= 15 is 0 Å². The highest BCUT2D eigenvalue weighted by Gasteiger charge is 2.27. The Bertz CT molecular complexity index is 647. The smallest absolute Gasteiger partial charge is 0.322 e. The first-order chi connectivity index (χ1) is 10.2. The van der Waals surface area contributed by atoms with Crippen LogP contribution in [0, 0.1) is 0 Å². The molecule has 1 atom stereocenters. The summed E-state index contributed by atoms with van der Waals surface area (Å²) in [6.07, 6.45) is 2.99. The van der Waals surface area contributed by atoms with Crippen LogP contribution in [0.15, 0.2) is 42.6 Å². The fourth-order valence-electron chi connectivity index (χ4n) is 2.99. The Morgan fingerprint density at radius 2 is 2.05 bits per heavy atom. The molecule has 1 aromatic carbocycles. The molecule has 0 saturated heterocycles. The van der Waals surface area contributed by atoms with E-state index in [1.54, 1.807) is 0 Å². The first kappa shape index (κ1) is 13.7. The maximum atomic E-state index is 12.6. The molecule has 3 rings (SSSR count). The van der Waals surface area contributed by atoms with Gasteiger partial charge in [-0.3, -0.25) is 0 Å².